The van der Waals surface area contributed by atoms with Gasteiger partial charge in [-0.2, -0.15) is 0 Å². The number of benzene rings is 1. The van der Waals surface area contributed by atoms with Crippen molar-refractivity contribution in [3.05, 3.63) is 52.6 Å². The van der Waals surface area contributed by atoms with Crippen LogP contribution in [-0.2, 0) is 14.3 Å². The lowest BCUT2D eigenvalue weighted by atomic mass is 9.85. The van der Waals surface area contributed by atoms with Gasteiger partial charge >= 0.3 is 5.97 Å². The third kappa shape index (κ3) is 2.70. The maximum absolute atomic E-state index is 12.2. The summed E-state index contributed by atoms with van der Waals surface area (Å²) >= 11 is 0. The zero-order chi connectivity index (χ0) is 16.3. The summed E-state index contributed by atoms with van der Waals surface area (Å²) in [6, 6.07) is 6.34. The van der Waals surface area contributed by atoms with Gasteiger partial charge in [0.25, 0.3) is 0 Å². The first-order valence-corrected chi connectivity index (χ1v) is 6.94. The van der Waals surface area contributed by atoms with Gasteiger partial charge in [0.1, 0.15) is 5.76 Å². The van der Waals surface area contributed by atoms with E-state index in [1.165, 1.54) is 12.1 Å². The monoisotopic (exact) mass is 300 g/mol. The molecule has 0 aromatic heterocycles. The number of esters is 1. The van der Waals surface area contributed by atoms with Crippen LogP contribution >= 0.6 is 0 Å². The van der Waals surface area contributed by atoms with E-state index in [0.717, 1.165) is 0 Å². The molecule has 0 amide bonds. The van der Waals surface area contributed by atoms with E-state index in [4.69, 9.17) is 4.74 Å². The number of rotatable bonds is 4. The number of ketones is 2. The summed E-state index contributed by atoms with van der Waals surface area (Å²) in [5, 5.41) is 10.3. The second-order valence-electron chi connectivity index (χ2n) is 4.74. The van der Waals surface area contributed by atoms with E-state index in [1.54, 1.807) is 32.0 Å². The fourth-order valence-electron chi connectivity index (χ4n) is 2.29. The van der Waals surface area contributed by atoms with Crippen LogP contribution < -0.4 is 0 Å². The maximum atomic E-state index is 12.2. The van der Waals surface area contributed by atoms with Crippen LogP contribution in [0.25, 0.3) is 5.76 Å². The number of Topliss-reactive ketones (excluding diaryl/α,β-unsaturated/α-hetero) is 2. The van der Waals surface area contributed by atoms with E-state index in [0.29, 0.717) is 5.56 Å². The van der Waals surface area contributed by atoms with Crippen LogP contribution in [0, 0.1) is 0 Å². The molecule has 0 heterocycles. The number of ether oxygens (including phenoxy) is 1. The highest BCUT2D eigenvalue weighted by Gasteiger charge is 2.33. The fraction of sp³-hybridized carbons (Fsp3) is 0.235. The van der Waals surface area contributed by atoms with Crippen LogP contribution in [0.2, 0.25) is 0 Å². The Morgan fingerprint density at radius 1 is 1.18 bits per heavy atom. The first-order valence-electron chi connectivity index (χ1n) is 6.94. The van der Waals surface area contributed by atoms with Crippen molar-refractivity contribution >= 4 is 23.3 Å². The largest absolute Gasteiger partial charge is 0.507 e. The molecule has 1 aliphatic rings. The lowest BCUT2D eigenvalue weighted by molar-refractivity contribution is -0.138. The Hall–Kier alpha value is -2.69. The first-order chi connectivity index (χ1) is 10.5. The predicted octanol–water partition coefficient (Wildman–Crippen LogP) is 2.62. The van der Waals surface area contributed by atoms with E-state index in [1.807, 2.05) is 0 Å². The van der Waals surface area contributed by atoms with Gasteiger partial charge < -0.3 is 9.84 Å². The Morgan fingerprint density at radius 2 is 1.82 bits per heavy atom. The van der Waals surface area contributed by atoms with Gasteiger partial charge in [-0.15, -0.1) is 0 Å². The molecule has 0 aliphatic heterocycles. The number of hydrogen-bond donors (Lipinski definition) is 1. The van der Waals surface area contributed by atoms with Crippen molar-refractivity contribution in [3.63, 3.8) is 0 Å². The van der Waals surface area contributed by atoms with Crippen molar-refractivity contribution in [2.75, 3.05) is 6.61 Å². The number of carbonyl (C=O) groups excluding carboxylic acids is 3. The molecule has 0 unspecified atom stereocenters. The topological polar surface area (TPSA) is 80.7 Å². The molecule has 5 nitrogen and oxygen atoms in total. The van der Waals surface area contributed by atoms with Gasteiger partial charge in [-0.05, 0) is 13.8 Å². The first kappa shape index (κ1) is 15.7. The lowest BCUT2D eigenvalue weighted by Gasteiger charge is -2.18. The third-order valence-electron chi connectivity index (χ3n) is 3.45. The average Bonchev–Trinajstić information content (AvgIpc) is 2.53. The van der Waals surface area contributed by atoms with Crippen LogP contribution in [0.3, 0.4) is 0 Å². The summed E-state index contributed by atoms with van der Waals surface area (Å²) in [5.41, 5.74) is 0.627. The van der Waals surface area contributed by atoms with Crippen LogP contribution in [0.1, 0.15) is 36.2 Å². The summed E-state index contributed by atoms with van der Waals surface area (Å²) < 4.78 is 4.90. The molecule has 0 spiro atoms. The molecule has 0 saturated heterocycles. The minimum Gasteiger partial charge on any atom is -0.507 e. The molecule has 1 aliphatic carbocycles. The average molecular weight is 300 g/mol. The molecule has 1 aromatic carbocycles. The van der Waals surface area contributed by atoms with Gasteiger partial charge in [0.05, 0.1) is 12.2 Å². The van der Waals surface area contributed by atoms with Gasteiger partial charge in [-0.1, -0.05) is 30.3 Å². The second-order valence-corrected chi connectivity index (χ2v) is 4.74. The molecule has 1 aromatic rings. The second kappa shape index (κ2) is 6.39. The number of fused-ring (bicyclic) bond motifs is 1. The van der Waals surface area contributed by atoms with Crippen molar-refractivity contribution in [3.8, 4) is 0 Å². The zero-order valence-corrected chi connectivity index (χ0v) is 12.4. The SMILES string of the molecule is CC=C(CC1=C(O)c2ccccc2C(=O)C1=O)C(=O)OCC. The van der Waals surface area contributed by atoms with Gasteiger partial charge in [0.15, 0.2) is 0 Å². The van der Waals surface area contributed by atoms with E-state index >= 15 is 0 Å². The third-order valence-corrected chi connectivity index (χ3v) is 3.45. The molecule has 0 atom stereocenters. The van der Waals surface area contributed by atoms with E-state index in [-0.39, 0.29) is 35.5 Å². The maximum Gasteiger partial charge on any atom is 0.333 e. The summed E-state index contributed by atoms with van der Waals surface area (Å²) in [4.78, 5) is 36.1. The highest BCUT2D eigenvalue weighted by atomic mass is 16.5. The Bertz CT molecular complexity index is 710. The summed E-state index contributed by atoms with van der Waals surface area (Å²) in [5.74, 6) is -2.30. The molecule has 0 radical (unpaired) electrons. The number of aliphatic hydroxyl groups excluding tert-OH is 1. The Labute approximate surface area is 127 Å². The highest BCUT2D eigenvalue weighted by molar-refractivity contribution is 6.52. The van der Waals surface area contributed by atoms with E-state index in [2.05, 4.69) is 0 Å². The van der Waals surface area contributed by atoms with Crippen molar-refractivity contribution in [2.24, 2.45) is 0 Å². The van der Waals surface area contributed by atoms with Crippen molar-refractivity contribution < 1.29 is 24.2 Å². The summed E-state index contributed by atoms with van der Waals surface area (Å²) in [6.07, 6.45) is 1.37. The van der Waals surface area contributed by atoms with Crippen molar-refractivity contribution in [1.29, 1.82) is 0 Å². The number of allylic oxidation sites excluding steroid dienone is 2. The van der Waals surface area contributed by atoms with Gasteiger partial charge in [0, 0.05) is 23.1 Å². The molecule has 0 bridgehead atoms. The van der Waals surface area contributed by atoms with E-state index in [9.17, 15) is 19.5 Å². The lowest BCUT2D eigenvalue weighted by Crippen LogP contribution is -2.25. The van der Waals surface area contributed by atoms with Crippen LogP contribution in [0.4, 0.5) is 0 Å². The Kier molecular flexibility index (Phi) is 4.56. The molecular formula is C17H16O5. The minimum absolute atomic E-state index is 0.0788. The minimum atomic E-state index is -0.792. The van der Waals surface area contributed by atoms with E-state index < -0.39 is 17.5 Å². The van der Waals surface area contributed by atoms with Crippen LogP contribution in [-0.4, -0.2) is 29.2 Å². The number of aliphatic hydroxyl groups is 1. The Morgan fingerprint density at radius 3 is 2.41 bits per heavy atom. The zero-order valence-electron chi connectivity index (χ0n) is 12.4. The Balaban J connectivity index is 2.44. The molecule has 1 N–H and O–H groups in total. The molecule has 2 rings (SSSR count). The fourth-order valence-corrected chi connectivity index (χ4v) is 2.29. The van der Waals surface area contributed by atoms with Gasteiger partial charge in [-0.3, -0.25) is 9.59 Å². The van der Waals surface area contributed by atoms with Crippen molar-refractivity contribution in [1.82, 2.24) is 0 Å². The predicted molar refractivity (Wildman–Crippen MR) is 80.3 cm³/mol. The molecule has 22 heavy (non-hydrogen) atoms. The van der Waals surface area contributed by atoms with Gasteiger partial charge in [-0.25, -0.2) is 4.79 Å². The normalized spacial score (nSPS) is 14.9. The standard InChI is InChI=1S/C17H16O5/c1-3-10(17(21)22-4-2)9-13-14(18)11-7-5-6-8-12(11)15(19)16(13)20/h3,5-8,18H,4,9H2,1-2H3. The summed E-state index contributed by atoms with van der Waals surface area (Å²) in [7, 11) is 0. The van der Waals surface area contributed by atoms with Crippen LogP contribution in [0.5, 0.6) is 0 Å². The molecular weight excluding hydrogens is 284 g/mol. The molecule has 0 saturated carbocycles. The number of hydrogen-bond acceptors (Lipinski definition) is 5. The molecule has 0 fully saturated rings. The van der Waals surface area contributed by atoms with Crippen molar-refractivity contribution in [2.45, 2.75) is 20.3 Å². The number of carbonyl (C=O) groups is 3. The highest BCUT2D eigenvalue weighted by Crippen LogP contribution is 2.31. The molecule has 5 heteroatoms. The smallest absolute Gasteiger partial charge is 0.333 e. The summed E-state index contributed by atoms with van der Waals surface area (Å²) in [6.45, 7) is 3.51. The van der Waals surface area contributed by atoms with Crippen LogP contribution in [0.15, 0.2) is 41.5 Å². The quantitative estimate of drug-likeness (QED) is 0.525. The molecule has 114 valence electrons. The van der Waals surface area contributed by atoms with Gasteiger partial charge in [0.2, 0.25) is 11.6 Å².